The maximum atomic E-state index is 13.8. The number of carbonyl (C=O) groups excluding carboxylic acids is 1. The zero-order valence-corrected chi connectivity index (χ0v) is 21.4. The van der Waals surface area contributed by atoms with Crippen molar-refractivity contribution < 1.29 is 32.9 Å². The highest BCUT2D eigenvalue weighted by molar-refractivity contribution is 5.85. The smallest absolute Gasteiger partial charge is 0.252 e. The standard InChI is InChI=1S/C28H33FN2O6/c1-27(2)36-24-15-28(26(32)31-11-12-33-3,35-17-19-7-6-10-22(29)13-19)14-23(25(24)37-27)34-18-21-9-5-4-8-20(21)16-30/h4-10,13,23-25H,11-12,14-15,17-18H2,1-3H3,(H,31,32)/t23-,24-,25+,28-/m1/s1. The zero-order valence-electron chi connectivity index (χ0n) is 21.4. The maximum Gasteiger partial charge on any atom is 0.252 e. The first-order valence-corrected chi connectivity index (χ1v) is 12.4. The van der Waals surface area contributed by atoms with Crippen LogP contribution >= 0.6 is 0 Å². The van der Waals surface area contributed by atoms with Crippen molar-refractivity contribution in [2.24, 2.45) is 0 Å². The molecule has 1 heterocycles. The molecule has 9 heteroatoms. The number of nitrogens with zero attached hydrogens (tertiary/aromatic N) is 1. The van der Waals surface area contributed by atoms with Gasteiger partial charge in [-0.15, -0.1) is 0 Å². The first-order valence-electron chi connectivity index (χ1n) is 12.4. The van der Waals surface area contributed by atoms with Gasteiger partial charge in [-0.2, -0.15) is 5.26 Å². The quantitative estimate of drug-likeness (QED) is 0.486. The largest absolute Gasteiger partial charge is 0.383 e. The Bertz CT molecular complexity index is 1140. The average molecular weight is 513 g/mol. The molecule has 0 aromatic heterocycles. The van der Waals surface area contributed by atoms with E-state index in [-0.39, 0.29) is 37.8 Å². The van der Waals surface area contributed by atoms with Gasteiger partial charge >= 0.3 is 0 Å². The number of nitriles is 1. The highest BCUT2D eigenvalue weighted by Crippen LogP contribution is 2.44. The minimum absolute atomic E-state index is 0.0288. The number of rotatable bonds is 10. The lowest BCUT2D eigenvalue weighted by atomic mass is 9.78. The average Bonchev–Trinajstić information content (AvgIpc) is 3.20. The van der Waals surface area contributed by atoms with Crippen molar-refractivity contribution in [2.75, 3.05) is 20.3 Å². The molecule has 2 aromatic carbocycles. The van der Waals surface area contributed by atoms with Gasteiger partial charge in [-0.1, -0.05) is 30.3 Å². The van der Waals surface area contributed by atoms with E-state index in [9.17, 15) is 14.4 Å². The molecule has 1 aliphatic carbocycles. The minimum atomic E-state index is -1.32. The van der Waals surface area contributed by atoms with Gasteiger partial charge < -0.3 is 29.0 Å². The Morgan fingerprint density at radius 3 is 2.73 bits per heavy atom. The van der Waals surface area contributed by atoms with Crippen LogP contribution in [-0.4, -0.2) is 55.9 Å². The van der Waals surface area contributed by atoms with Gasteiger partial charge in [0.15, 0.2) is 11.4 Å². The first-order chi connectivity index (χ1) is 17.7. The molecule has 8 nitrogen and oxygen atoms in total. The van der Waals surface area contributed by atoms with Gasteiger partial charge in [0, 0.05) is 26.5 Å². The van der Waals surface area contributed by atoms with E-state index in [1.54, 1.807) is 31.4 Å². The second kappa shape index (κ2) is 11.7. The van der Waals surface area contributed by atoms with Crippen molar-refractivity contribution >= 4 is 5.91 Å². The summed E-state index contributed by atoms with van der Waals surface area (Å²) in [4.78, 5) is 13.6. The third kappa shape index (κ3) is 6.53. The number of hydrogen-bond acceptors (Lipinski definition) is 7. The van der Waals surface area contributed by atoms with Gasteiger partial charge in [0.2, 0.25) is 0 Å². The first kappa shape index (κ1) is 27.2. The van der Waals surface area contributed by atoms with Gasteiger partial charge in [0.1, 0.15) is 11.9 Å². The summed E-state index contributed by atoms with van der Waals surface area (Å²) in [6, 6.07) is 15.5. The van der Waals surface area contributed by atoms with Crippen LogP contribution < -0.4 is 5.32 Å². The van der Waals surface area contributed by atoms with Crippen LogP contribution in [0.15, 0.2) is 48.5 Å². The van der Waals surface area contributed by atoms with E-state index in [1.807, 2.05) is 26.0 Å². The molecule has 2 aromatic rings. The predicted molar refractivity (Wildman–Crippen MR) is 132 cm³/mol. The van der Waals surface area contributed by atoms with E-state index in [4.69, 9.17) is 23.7 Å². The molecule has 0 radical (unpaired) electrons. The van der Waals surface area contributed by atoms with Gasteiger partial charge in [-0.05, 0) is 43.2 Å². The van der Waals surface area contributed by atoms with Crippen molar-refractivity contribution in [2.45, 2.75) is 69.6 Å². The monoisotopic (exact) mass is 512 g/mol. The number of fused-ring (bicyclic) bond motifs is 1. The fourth-order valence-electron chi connectivity index (χ4n) is 4.94. The highest BCUT2D eigenvalue weighted by atomic mass is 19.1. The molecule has 0 unspecified atom stereocenters. The van der Waals surface area contributed by atoms with Gasteiger partial charge in [-0.25, -0.2) is 4.39 Å². The topological polar surface area (TPSA) is 99.0 Å². The summed E-state index contributed by atoms with van der Waals surface area (Å²) < 4.78 is 43.9. The Hall–Kier alpha value is -2.87. The van der Waals surface area contributed by atoms with Crippen LogP contribution in [-0.2, 0) is 41.7 Å². The fraction of sp³-hybridized carbons (Fsp3) is 0.500. The third-order valence-electron chi connectivity index (χ3n) is 6.65. The fourth-order valence-corrected chi connectivity index (χ4v) is 4.94. The summed E-state index contributed by atoms with van der Waals surface area (Å²) in [6.45, 7) is 4.48. The molecule has 0 spiro atoms. The number of nitrogens with one attached hydrogen (secondary N) is 1. The van der Waals surface area contributed by atoms with Crippen LogP contribution in [0.5, 0.6) is 0 Å². The number of hydrogen-bond donors (Lipinski definition) is 1. The molecule has 4 rings (SSSR count). The summed E-state index contributed by atoms with van der Waals surface area (Å²) in [5, 5.41) is 12.4. The van der Waals surface area contributed by atoms with E-state index in [0.717, 1.165) is 5.56 Å². The van der Waals surface area contributed by atoms with Crippen LogP contribution in [0.25, 0.3) is 0 Å². The second-order valence-electron chi connectivity index (χ2n) is 9.83. The molecule has 0 bridgehead atoms. The molecule has 2 fully saturated rings. The van der Waals surface area contributed by atoms with Crippen LogP contribution in [0.2, 0.25) is 0 Å². The molecule has 1 amide bonds. The van der Waals surface area contributed by atoms with E-state index in [2.05, 4.69) is 11.4 Å². The summed E-state index contributed by atoms with van der Waals surface area (Å²) in [7, 11) is 1.56. The normalized spacial score (nSPS) is 26.3. The Morgan fingerprint density at radius 1 is 1.16 bits per heavy atom. The van der Waals surface area contributed by atoms with Crippen molar-refractivity contribution in [1.82, 2.24) is 5.32 Å². The summed E-state index contributed by atoms with van der Waals surface area (Å²) in [5.41, 5.74) is 0.547. The van der Waals surface area contributed by atoms with Gasteiger partial charge in [0.05, 0.1) is 43.7 Å². The molecule has 37 heavy (non-hydrogen) atoms. The Labute approximate surface area is 216 Å². The summed E-state index contributed by atoms with van der Waals surface area (Å²) in [6.07, 6.45) is -1.03. The molecule has 1 saturated carbocycles. The minimum Gasteiger partial charge on any atom is -0.383 e. The molecule has 1 saturated heterocycles. The number of ether oxygens (including phenoxy) is 5. The van der Waals surface area contributed by atoms with Crippen LogP contribution in [0.1, 0.15) is 43.4 Å². The molecule has 1 aliphatic heterocycles. The SMILES string of the molecule is COCCNC(=O)[C@@]1(OCc2cccc(F)c2)C[C@@H](OCc2ccccc2C#N)[C@@H]2OC(C)(C)O[C@@H]2C1. The number of carbonyl (C=O) groups is 1. The summed E-state index contributed by atoms with van der Waals surface area (Å²) >= 11 is 0. The number of benzene rings is 2. The number of amides is 1. The molecule has 4 atom stereocenters. The molecule has 198 valence electrons. The Kier molecular flexibility index (Phi) is 8.57. The maximum absolute atomic E-state index is 13.8. The van der Waals surface area contributed by atoms with E-state index in [0.29, 0.717) is 24.3 Å². The van der Waals surface area contributed by atoms with E-state index >= 15 is 0 Å². The molecular weight excluding hydrogens is 479 g/mol. The molecule has 1 N–H and O–H groups in total. The van der Waals surface area contributed by atoms with E-state index in [1.165, 1.54) is 12.1 Å². The van der Waals surface area contributed by atoms with Crippen molar-refractivity contribution in [3.63, 3.8) is 0 Å². The van der Waals surface area contributed by atoms with Gasteiger partial charge in [-0.3, -0.25) is 4.79 Å². The lowest BCUT2D eigenvalue weighted by Gasteiger charge is -2.43. The number of methoxy groups -OCH3 is 1. The molecule has 2 aliphatic rings. The van der Waals surface area contributed by atoms with Crippen molar-refractivity contribution in [3.05, 3.63) is 71.0 Å². The van der Waals surface area contributed by atoms with Crippen LogP contribution in [0.4, 0.5) is 4.39 Å². The Balaban J connectivity index is 1.61. The van der Waals surface area contributed by atoms with Crippen LogP contribution in [0.3, 0.4) is 0 Å². The van der Waals surface area contributed by atoms with Gasteiger partial charge in [0.25, 0.3) is 5.91 Å². The molecular formula is C28H33FN2O6. The number of halogens is 1. The Morgan fingerprint density at radius 2 is 1.97 bits per heavy atom. The highest BCUT2D eigenvalue weighted by Gasteiger charge is 2.58. The third-order valence-corrected chi connectivity index (χ3v) is 6.65. The zero-order chi connectivity index (χ0) is 26.5. The van der Waals surface area contributed by atoms with E-state index < -0.39 is 29.7 Å². The van der Waals surface area contributed by atoms with Crippen molar-refractivity contribution in [3.8, 4) is 6.07 Å². The lowest BCUT2D eigenvalue weighted by Crippen LogP contribution is -2.60. The van der Waals surface area contributed by atoms with Crippen molar-refractivity contribution in [1.29, 1.82) is 5.26 Å². The predicted octanol–water partition coefficient (Wildman–Crippen LogP) is 3.61. The van der Waals surface area contributed by atoms with Crippen LogP contribution in [0, 0.1) is 17.1 Å². The summed E-state index contributed by atoms with van der Waals surface area (Å²) in [5.74, 6) is -1.57. The lowest BCUT2D eigenvalue weighted by molar-refractivity contribution is -0.183. The second-order valence-corrected chi connectivity index (χ2v) is 9.83.